The van der Waals surface area contributed by atoms with Crippen LogP contribution in [0.25, 0.3) is 16.5 Å². The monoisotopic (exact) mass is 424 g/mol. The van der Waals surface area contributed by atoms with Crippen molar-refractivity contribution in [1.82, 2.24) is 9.88 Å². The van der Waals surface area contributed by atoms with Gasteiger partial charge in [-0.3, -0.25) is 4.90 Å². The van der Waals surface area contributed by atoms with Gasteiger partial charge in [-0.1, -0.05) is 24.3 Å². The molecule has 0 spiro atoms. The minimum absolute atomic E-state index is 0.0662. The first-order valence-electron chi connectivity index (χ1n) is 11.1. The Morgan fingerprint density at radius 3 is 2.94 bits per heavy atom. The highest BCUT2D eigenvalue weighted by Gasteiger charge is 2.25. The third-order valence-corrected chi connectivity index (χ3v) is 6.32. The Hall–Kier alpha value is -2.25. The minimum atomic E-state index is -0.279. The van der Waals surface area contributed by atoms with Gasteiger partial charge in [-0.2, -0.15) is 0 Å². The molecule has 164 valence electrons. The summed E-state index contributed by atoms with van der Waals surface area (Å²) in [4.78, 5) is 5.56. The molecule has 5 rings (SSSR count). The maximum absolute atomic E-state index is 13.4. The molecule has 1 fully saturated rings. The smallest absolute Gasteiger partial charge is 0.181 e. The molecule has 0 saturated carbocycles. The third kappa shape index (κ3) is 4.83. The van der Waals surface area contributed by atoms with Crippen LogP contribution in [0.4, 0.5) is 4.39 Å². The highest BCUT2D eigenvalue weighted by atomic mass is 19.1. The lowest BCUT2D eigenvalue weighted by Crippen LogP contribution is -2.40. The largest absolute Gasteiger partial charge is 0.366 e. The second kappa shape index (κ2) is 9.49. The van der Waals surface area contributed by atoms with Crippen LogP contribution in [0, 0.1) is 5.82 Å². The fourth-order valence-electron chi connectivity index (χ4n) is 4.52. The number of benzene rings is 1. The lowest BCUT2D eigenvalue weighted by Gasteiger charge is -2.32. The number of aromatic nitrogens is 1. The Balaban J connectivity index is 1.06. The molecular weight excluding hydrogens is 395 g/mol. The van der Waals surface area contributed by atoms with E-state index in [-0.39, 0.29) is 18.2 Å². The molecule has 0 bridgehead atoms. The van der Waals surface area contributed by atoms with E-state index >= 15 is 0 Å². The number of aromatic amines is 1. The van der Waals surface area contributed by atoms with Crippen LogP contribution in [0.1, 0.15) is 24.8 Å². The van der Waals surface area contributed by atoms with Gasteiger partial charge in [-0.25, -0.2) is 4.39 Å². The molecule has 5 nitrogen and oxygen atoms in total. The highest BCUT2D eigenvalue weighted by Crippen LogP contribution is 2.29. The first-order valence-corrected chi connectivity index (χ1v) is 11.1. The summed E-state index contributed by atoms with van der Waals surface area (Å²) in [6.45, 7) is 4.40. The van der Waals surface area contributed by atoms with E-state index < -0.39 is 0 Å². The van der Waals surface area contributed by atoms with Crippen molar-refractivity contribution < 1.29 is 18.6 Å². The van der Waals surface area contributed by atoms with Crippen molar-refractivity contribution in [3.63, 3.8) is 0 Å². The number of hydrogen-bond donors (Lipinski definition) is 1. The summed E-state index contributed by atoms with van der Waals surface area (Å²) in [6, 6.07) is 4.93. The van der Waals surface area contributed by atoms with Gasteiger partial charge >= 0.3 is 0 Å². The summed E-state index contributed by atoms with van der Waals surface area (Å²) >= 11 is 0. The van der Waals surface area contributed by atoms with Crippen LogP contribution in [0.15, 0.2) is 54.3 Å². The first kappa shape index (κ1) is 20.6. The van der Waals surface area contributed by atoms with Gasteiger partial charge in [0, 0.05) is 42.3 Å². The Labute approximate surface area is 182 Å². The molecule has 3 heterocycles. The van der Waals surface area contributed by atoms with Crippen molar-refractivity contribution in [2.45, 2.75) is 31.7 Å². The van der Waals surface area contributed by atoms with Crippen LogP contribution in [0.2, 0.25) is 0 Å². The number of nitrogens with one attached hydrogen (secondary N) is 1. The maximum Gasteiger partial charge on any atom is 0.181 e. The van der Waals surface area contributed by atoms with Crippen molar-refractivity contribution in [3.05, 3.63) is 65.7 Å². The van der Waals surface area contributed by atoms with Crippen molar-refractivity contribution in [2.24, 2.45) is 0 Å². The van der Waals surface area contributed by atoms with Crippen LogP contribution in [-0.4, -0.2) is 61.7 Å². The molecule has 1 aromatic carbocycles. The molecule has 3 aliphatic rings. The van der Waals surface area contributed by atoms with E-state index in [1.165, 1.54) is 22.8 Å². The third-order valence-electron chi connectivity index (χ3n) is 6.32. The molecule has 31 heavy (non-hydrogen) atoms. The van der Waals surface area contributed by atoms with Gasteiger partial charge in [0.1, 0.15) is 11.9 Å². The zero-order chi connectivity index (χ0) is 21.0. The topological polar surface area (TPSA) is 46.7 Å². The minimum Gasteiger partial charge on any atom is -0.366 e. The molecule has 2 aliphatic heterocycles. The average molecular weight is 425 g/mol. The number of nitrogens with zero attached hydrogens (tertiary/aromatic N) is 1. The number of H-pyrrole nitrogens is 1. The van der Waals surface area contributed by atoms with Crippen LogP contribution < -0.4 is 0 Å². The standard InChI is InChI=1S/C25H29FN2O3/c26-20-6-7-21-22(15-27-23(21)14-20)18-8-10-28(11-9-18)12-13-29-25-17-30-24(16-31-25)19-4-2-1-3-5-19/h1-2,4,6-8,14-15,24-25,27H,3,5,9-13,16-17H2. The SMILES string of the molecule is Fc1ccc2c(C3=CCN(CCOC4COC(C5=CC=CCC5)CO4)CC3)c[nH]c2c1. The summed E-state index contributed by atoms with van der Waals surface area (Å²) in [5, 5.41) is 1.08. The molecule has 0 amide bonds. The average Bonchev–Trinajstić information content (AvgIpc) is 3.23. The number of fused-ring (bicyclic) bond motifs is 1. The van der Waals surface area contributed by atoms with Crippen LogP contribution in [0.3, 0.4) is 0 Å². The van der Waals surface area contributed by atoms with Crippen molar-refractivity contribution in [1.29, 1.82) is 0 Å². The molecule has 0 radical (unpaired) electrons. The molecule has 1 N–H and O–H groups in total. The Morgan fingerprint density at radius 2 is 2.16 bits per heavy atom. The summed E-state index contributed by atoms with van der Waals surface area (Å²) in [5.41, 5.74) is 4.66. The summed E-state index contributed by atoms with van der Waals surface area (Å²) < 4.78 is 31.2. The number of rotatable bonds is 6. The van der Waals surface area contributed by atoms with E-state index in [0.29, 0.717) is 19.8 Å². The number of allylic oxidation sites excluding steroid dienone is 3. The van der Waals surface area contributed by atoms with Gasteiger partial charge in [0.05, 0.1) is 19.8 Å². The van der Waals surface area contributed by atoms with Crippen molar-refractivity contribution in [2.75, 3.05) is 39.5 Å². The predicted octanol–water partition coefficient (Wildman–Crippen LogP) is 4.43. The van der Waals surface area contributed by atoms with E-state index in [2.05, 4.69) is 34.2 Å². The zero-order valence-corrected chi connectivity index (χ0v) is 17.7. The lowest BCUT2D eigenvalue weighted by molar-refractivity contribution is -0.228. The molecular formula is C25H29FN2O3. The van der Waals surface area contributed by atoms with Crippen LogP contribution in [-0.2, 0) is 14.2 Å². The van der Waals surface area contributed by atoms with E-state index in [1.54, 1.807) is 6.07 Å². The maximum atomic E-state index is 13.4. The summed E-state index contributed by atoms with van der Waals surface area (Å²) in [6.07, 6.45) is 13.6. The van der Waals surface area contributed by atoms with E-state index in [9.17, 15) is 4.39 Å². The number of hydrogen-bond acceptors (Lipinski definition) is 4. The van der Waals surface area contributed by atoms with Gasteiger partial charge in [0.15, 0.2) is 6.29 Å². The first-order chi connectivity index (χ1) is 15.3. The number of ether oxygens (including phenoxy) is 3. The van der Waals surface area contributed by atoms with E-state index in [4.69, 9.17) is 14.2 Å². The van der Waals surface area contributed by atoms with Gasteiger partial charge in [0.2, 0.25) is 0 Å². The van der Waals surface area contributed by atoms with Gasteiger partial charge in [-0.05, 0) is 48.6 Å². The molecule has 1 aliphatic carbocycles. The van der Waals surface area contributed by atoms with E-state index in [0.717, 1.165) is 49.8 Å². The van der Waals surface area contributed by atoms with Gasteiger partial charge < -0.3 is 19.2 Å². The molecule has 1 saturated heterocycles. The second-order valence-corrected chi connectivity index (χ2v) is 8.34. The number of halogens is 1. The Kier molecular flexibility index (Phi) is 6.32. The predicted molar refractivity (Wildman–Crippen MR) is 119 cm³/mol. The highest BCUT2D eigenvalue weighted by molar-refractivity contribution is 5.92. The van der Waals surface area contributed by atoms with Crippen molar-refractivity contribution >= 4 is 16.5 Å². The summed E-state index contributed by atoms with van der Waals surface area (Å²) in [7, 11) is 0. The van der Waals surface area contributed by atoms with Gasteiger partial charge in [0.25, 0.3) is 0 Å². The molecule has 2 aromatic rings. The quantitative estimate of drug-likeness (QED) is 0.745. The van der Waals surface area contributed by atoms with Crippen molar-refractivity contribution in [3.8, 4) is 0 Å². The lowest BCUT2D eigenvalue weighted by atomic mass is 9.99. The molecule has 6 heteroatoms. The Morgan fingerprint density at radius 1 is 1.19 bits per heavy atom. The zero-order valence-electron chi connectivity index (χ0n) is 17.7. The fraction of sp³-hybridized carbons (Fsp3) is 0.440. The molecule has 1 aromatic heterocycles. The molecule has 2 unspecified atom stereocenters. The fourth-order valence-corrected chi connectivity index (χ4v) is 4.52. The van der Waals surface area contributed by atoms with Crippen LogP contribution >= 0.6 is 0 Å². The second-order valence-electron chi connectivity index (χ2n) is 8.34. The Bertz CT molecular complexity index is 1000. The normalized spacial score (nSPS) is 24.9. The summed E-state index contributed by atoms with van der Waals surface area (Å²) in [5.74, 6) is -0.212. The van der Waals surface area contributed by atoms with Gasteiger partial charge in [-0.15, -0.1) is 0 Å². The molecule has 2 atom stereocenters. The van der Waals surface area contributed by atoms with Crippen LogP contribution in [0.5, 0.6) is 0 Å². The van der Waals surface area contributed by atoms with E-state index in [1.807, 2.05) is 12.3 Å².